The molecular formula is C40H46N6O5S. The van der Waals surface area contributed by atoms with E-state index >= 15 is 0 Å². The van der Waals surface area contributed by atoms with Crippen molar-refractivity contribution in [2.75, 3.05) is 59.5 Å². The Kier molecular flexibility index (Phi) is 10.5. The van der Waals surface area contributed by atoms with Gasteiger partial charge in [-0.25, -0.2) is 22.4 Å². The molecule has 0 spiro atoms. The quantitative estimate of drug-likeness (QED) is 0.209. The van der Waals surface area contributed by atoms with Crippen LogP contribution in [0.3, 0.4) is 0 Å². The van der Waals surface area contributed by atoms with E-state index in [9.17, 15) is 18.3 Å². The van der Waals surface area contributed by atoms with Crippen LogP contribution in [0.5, 0.6) is 0 Å². The lowest BCUT2D eigenvalue weighted by Gasteiger charge is -2.33. The highest BCUT2D eigenvalue weighted by atomic mass is 32.2. The number of benzene rings is 3. The van der Waals surface area contributed by atoms with Crippen LogP contribution in [-0.4, -0.2) is 114 Å². The Morgan fingerprint density at radius 2 is 1.71 bits per heavy atom. The summed E-state index contributed by atoms with van der Waals surface area (Å²) < 4.78 is 34.6. The van der Waals surface area contributed by atoms with Crippen LogP contribution >= 0.6 is 0 Å². The SMILES string of the molecule is Cc1cc(-c2cnc3c(n2)c(-c2ccc(C(=O)N(C)C[C@@H](C)O)cc2)cn3S(=O)(=O)Cc2ccccc2)cc2c1CCN(CCN1CCOCC1)C2. The number of aliphatic hydroxyl groups excluding tert-OH is 1. The second-order valence-corrected chi connectivity index (χ2v) is 15.9. The first-order valence-electron chi connectivity index (χ1n) is 17.9. The van der Waals surface area contributed by atoms with Gasteiger partial charge in [-0.05, 0) is 72.4 Å². The lowest BCUT2D eigenvalue weighted by atomic mass is 9.92. The van der Waals surface area contributed by atoms with E-state index in [0.29, 0.717) is 33.5 Å². The molecule has 5 aromatic rings. The Bertz CT molecular complexity index is 2160. The molecule has 7 rings (SSSR count). The molecule has 3 aromatic carbocycles. The summed E-state index contributed by atoms with van der Waals surface area (Å²) in [7, 11) is -2.22. The van der Waals surface area contributed by atoms with Crippen molar-refractivity contribution in [3.63, 3.8) is 0 Å². The number of morpholine rings is 1. The van der Waals surface area contributed by atoms with Crippen molar-refractivity contribution in [2.24, 2.45) is 0 Å². The number of hydrogen-bond donors (Lipinski definition) is 1. The second kappa shape index (κ2) is 15.3. The Morgan fingerprint density at radius 3 is 2.44 bits per heavy atom. The van der Waals surface area contributed by atoms with Crippen molar-refractivity contribution in [1.82, 2.24) is 28.6 Å². The first-order valence-corrected chi connectivity index (χ1v) is 19.5. The van der Waals surface area contributed by atoms with Crippen LogP contribution < -0.4 is 0 Å². The highest BCUT2D eigenvalue weighted by Gasteiger charge is 2.25. The number of amides is 1. The molecule has 1 amide bonds. The number of ether oxygens (including phenoxy) is 1. The molecule has 12 heteroatoms. The molecule has 0 bridgehead atoms. The first-order chi connectivity index (χ1) is 25.1. The largest absolute Gasteiger partial charge is 0.392 e. The number of fused-ring (bicyclic) bond motifs is 2. The van der Waals surface area contributed by atoms with E-state index in [-0.39, 0.29) is 23.9 Å². The fourth-order valence-corrected chi connectivity index (χ4v) is 8.71. The summed E-state index contributed by atoms with van der Waals surface area (Å²) in [4.78, 5) is 29.3. The predicted octanol–water partition coefficient (Wildman–Crippen LogP) is 4.59. The number of carbonyl (C=O) groups is 1. The summed E-state index contributed by atoms with van der Waals surface area (Å²) in [6.45, 7) is 11.5. The van der Waals surface area contributed by atoms with E-state index < -0.39 is 16.1 Å². The smallest absolute Gasteiger partial charge is 0.253 e. The fraction of sp³-hybridized carbons (Fsp3) is 0.375. The zero-order valence-electron chi connectivity index (χ0n) is 30.0. The van der Waals surface area contributed by atoms with Gasteiger partial charge >= 0.3 is 0 Å². The van der Waals surface area contributed by atoms with Gasteiger partial charge in [-0.3, -0.25) is 14.6 Å². The van der Waals surface area contributed by atoms with Gasteiger partial charge in [-0.15, -0.1) is 0 Å². The Labute approximate surface area is 305 Å². The maximum Gasteiger partial charge on any atom is 0.253 e. The molecule has 1 atom stereocenters. The normalized spacial score (nSPS) is 16.2. The Morgan fingerprint density at radius 1 is 0.981 bits per heavy atom. The third kappa shape index (κ3) is 7.81. The number of aromatic nitrogens is 3. The molecule has 1 N–H and O–H groups in total. The van der Waals surface area contributed by atoms with Gasteiger partial charge < -0.3 is 14.7 Å². The minimum absolute atomic E-state index is 0.199. The maximum atomic E-state index is 13.9. The summed E-state index contributed by atoms with van der Waals surface area (Å²) in [6, 6.07) is 20.5. The van der Waals surface area contributed by atoms with Crippen LogP contribution in [0.1, 0.15) is 39.5 Å². The van der Waals surface area contributed by atoms with E-state index in [1.165, 1.54) is 25.6 Å². The van der Waals surface area contributed by atoms with Crippen LogP contribution in [0.15, 0.2) is 79.1 Å². The van der Waals surface area contributed by atoms with Gasteiger partial charge in [0.15, 0.2) is 5.65 Å². The van der Waals surface area contributed by atoms with Gasteiger partial charge in [-0.2, -0.15) is 0 Å². The summed E-state index contributed by atoms with van der Waals surface area (Å²) in [5.74, 6) is -0.417. The maximum absolute atomic E-state index is 13.9. The lowest BCUT2D eigenvalue weighted by molar-refractivity contribution is 0.0326. The zero-order chi connectivity index (χ0) is 36.4. The molecule has 272 valence electrons. The van der Waals surface area contributed by atoms with E-state index in [1.54, 1.807) is 62.8 Å². The van der Waals surface area contributed by atoms with Gasteiger partial charge in [0.1, 0.15) is 5.52 Å². The number of hydrogen-bond acceptors (Lipinski definition) is 9. The summed E-state index contributed by atoms with van der Waals surface area (Å²) in [5.41, 5.74) is 8.62. The average molecular weight is 723 g/mol. The molecule has 2 aromatic heterocycles. The van der Waals surface area contributed by atoms with E-state index in [2.05, 4.69) is 28.9 Å². The van der Waals surface area contributed by atoms with E-state index in [1.807, 2.05) is 18.2 Å². The highest BCUT2D eigenvalue weighted by Crippen LogP contribution is 2.34. The molecular weight excluding hydrogens is 677 g/mol. The van der Waals surface area contributed by atoms with Gasteiger partial charge in [-0.1, -0.05) is 42.5 Å². The molecule has 0 radical (unpaired) electrons. The molecule has 11 nitrogen and oxygen atoms in total. The number of carbonyl (C=O) groups excluding carboxylic acids is 1. The topological polar surface area (TPSA) is 121 Å². The van der Waals surface area contributed by atoms with Crippen molar-refractivity contribution in [2.45, 2.75) is 38.7 Å². The number of aryl methyl sites for hydroxylation is 1. The minimum atomic E-state index is -3.87. The van der Waals surface area contributed by atoms with Gasteiger partial charge in [0.25, 0.3) is 5.91 Å². The van der Waals surface area contributed by atoms with Crippen molar-refractivity contribution in [3.8, 4) is 22.4 Å². The van der Waals surface area contributed by atoms with Crippen molar-refractivity contribution in [3.05, 3.63) is 107 Å². The zero-order valence-corrected chi connectivity index (χ0v) is 30.8. The Hall–Kier alpha value is -4.46. The van der Waals surface area contributed by atoms with E-state index in [0.717, 1.165) is 64.5 Å². The predicted molar refractivity (Wildman–Crippen MR) is 202 cm³/mol. The number of nitrogens with zero attached hydrogens (tertiary/aromatic N) is 6. The van der Waals surface area contributed by atoms with Crippen LogP contribution in [0.4, 0.5) is 0 Å². The molecule has 0 unspecified atom stereocenters. The molecule has 4 heterocycles. The van der Waals surface area contributed by atoms with E-state index in [4.69, 9.17) is 14.7 Å². The van der Waals surface area contributed by atoms with Gasteiger partial charge in [0.05, 0.1) is 37.0 Å². The van der Waals surface area contributed by atoms with Crippen molar-refractivity contribution >= 4 is 27.1 Å². The van der Waals surface area contributed by atoms with Gasteiger partial charge in [0, 0.05) is 75.7 Å². The number of rotatable bonds is 11. The average Bonchev–Trinajstić information content (AvgIpc) is 3.54. The molecule has 2 aliphatic rings. The van der Waals surface area contributed by atoms with Crippen LogP contribution in [0.25, 0.3) is 33.5 Å². The van der Waals surface area contributed by atoms with Crippen LogP contribution in [-0.2, 0) is 33.5 Å². The molecule has 2 aliphatic heterocycles. The third-order valence-electron chi connectivity index (χ3n) is 10.1. The summed E-state index contributed by atoms with van der Waals surface area (Å²) in [6.07, 6.45) is 3.60. The Balaban J connectivity index is 1.24. The molecule has 1 saturated heterocycles. The van der Waals surface area contributed by atoms with Gasteiger partial charge in [0.2, 0.25) is 10.0 Å². The lowest BCUT2D eigenvalue weighted by Crippen LogP contribution is -2.42. The van der Waals surface area contributed by atoms with Crippen molar-refractivity contribution < 1.29 is 23.1 Å². The molecule has 0 saturated carbocycles. The molecule has 0 aliphatic carbocycles. The fourth-order valence-electron chi connectivity index (χ4n) is 7.30. The van der Waals surface area contributed by atoms with Crippen molar-refractivity contribution in [1.29, 1.82) is 0 Å². The van der Waals surface area contributed by atoms with Crippen LogP contribution in [0, 0.1) is 6.92 Å². The third-order valence-corrected chi connectivity index (χ3v) is 11.6. The summed E-state index contributed by atoms with van der Waals surface area (Å²) >= 11 is 0. The van der Waals surface area contributed by atoms with Crippen LogP contribution in [0.2, 0.25) is 0 Å². The second-order valence-electron chi connectivity index (χ2n) is 14.0. The first kappa shape index (κ1) is 35.9. The summed E-state index contributed by atoms with van der Waals surface area (Å²) in [5, 5.41) is 9.76. The minimum Gasteiger partial charge on any atom is -0.392 e. The number of aliphatic hydroxyl groups is 1. The highest BCUT2D eigenvalue weighted by molar-refractivity contribution is 7.89. The number of likely N-dealkylation sites (N-methyl/N-ethyl adjacent to an activating group) is 1. The molecule has 52 heavy (non-hydrogen) atoms. The standard InChI is InChI=1S/C40H46N6O5S/c1-28-21-33(22-34-25-45(14-13-35(28)34)16-15-44-17-19-51-20-18-44)37-23-41-39-38(42-37)36(26-46(39)52(49,50)27-30-7-5-4-6-8-30)31-9-11-32(12-10-31)40(48)43(3)24-29(2)47/h4-12,21-23,26,29,47H,13-20,24-25,27H2,1-3H3/t29-/m1/s1. The monoisotopic (exact) mass is 722 g/mol. The molecule has 1 fully saturated rings.